The van der Waals surface area contributed by atoms with Gasteiger partial charge < -0.3 is 4.98 Å². The zero-order valence-electron chi connectivity index (χ0n) is 18.3. The SMILES string of the molecule is CC(=Nc1c(C(C)C)cccc1C(C)C)c1cccc(-c2nc3ccccc3[nH]2)n1. The Labute approximate surface area is 178 Å². The van der Waals surface area contributed by atoms with Crippen LogP contribution in [0.1, 0.15) is 63.3 Å². The first-order valence-corrected chi connectivity index (χ1v) is 10.5. The lowest BCUT2D eigenvalue weighted by molar-refractivity contribution is 0.834. The van der Waals surface area contributed by atoms with Gasteiger partial charge in [0.05, 0.1) is 28.1 Å². The maximum atomic E-state index is 5.07. The van der Waals surface area contributed by atoms with E-state index < -0.39 is 0 Å². The third-order valence-electron chi connectivity index (χ3n) is 5.37. The van der Waals surface area contributed by atoms with Gasteiger partial charge in [-0.05, 0) is 54.2 Å². The summed E-state index contributed by atoms with van der Waals surface area (Å²) in [6.07, 6.45) is 0. The lowest BCUT2D eigenvalue weighted by Gasteiger charge is -2.17. The van der Waals surface area contributed by atoms with E-state index in [4.69, 9.17) is 9.98 Å². The molecule has 0 saturated heterocycles. The van der Waals surface area contributed by atoms with Crippen LogP contribution in [0.4, 0.5) is 5.69 Å². The Hall–Kier alpha value is -3.27. The normalized spacial score (nSPS) is 12.3. The molecule has 0 radical (unpaired) electrons. The highest BCUT2D eigenvalue weighted by Gasteiger charge is 2.14. The minimum Gasteiger partial charge on any atom is -0.337 e. The van der Waals surface area contributed by atoms with Gasteiger partial charge in [-0.15, -0.1) is 0 Å². The molecule has 4 nitrogen and oxygen atoms in total. The van der Waals surface area contributed by atoms with E-state index in [-0.39, 0.29) is 0 Å². The highest BCUT2D eigenvalue weighted by molar-refractivity contribution is 5.99. The number of nitrogens with zero attached hydrogens (tertiary/aromatic N) is 3. The van der Waals surface area contributed by atoms with Gasteiger partial charge in [0.2, 0.25) is 0 Å². The maximum Gasteiger partial charge on any atom is 0.157 e. The summed E-state index contributed by atoms with van der Waals surface area (Å²) in [5.41, 5.74) is 8.16. The zero-order chi connectivity index (χ0) is 21.3. The van der Waals surface area contributed by atoms with Crippen LogP contribution >= 0.6 is 0 Å². The van der Waals surface area contributed by atoms with Crippen LogP contribution in [0.5, 0.6) is 0 Å². The third-order valence-corrected chi connectivity index (χ3v) is 5.37. The van der Waals surface area contributed by atoms with Crippen LogP contribution in [0.25, 0.3) is 22.6 Å². The van der Waals surface area contributed by atoms with Gasteiger partial charge in [-0.25, -0.2) is 9.97 Å². The lowest BCUT2D eigenvalue weighted by Crippen LogP contribution is -2.02. The maximum absolute atomic E-state index is 5.07. The smallest absolute Gasteiger partial charge is 0.157 e. The monoisotopic (exact) mass is 396 g/mol. The number of benzene rings is 2. The molecule has 0 unspecified atom stereocenters. The van der Waals surface area contributed by atoms with Gasteiger partial charge >= 0.3 is 0 Å². The van der Waals surface area contributed by atoms with Gasteiger partial charge in [0.25, 0.3) is 0 Å². The molecule has 0 saturated carbocycles. The quantitative estimate of drug-likeness (QED) is 0.369. The fourth-order valence-electron chi connectivity index (χ4n) is 3.71. The highest BCUT2D eigenvalue weighted by atomic mass is 15.0. The number of rotatable bonds is 5. The summed E-state index contributed by atoms with van der Waals surface area (Å²) in [5, 5.41) is 0. The number of hydrogen-bond donors (Lipinski definition) is 1. The largest absolute Gasteiger partial charge is 0.337 e. The second-order valence-corrected chi connectivity index (χ2v) is 8.30. The van der Waals surface area contributed by atoms with Gasteiger partial charge in [0.1, 0.15) is 5.69 Å². The molecule has 1 N–H and O–H groups in total. The van der Waals surface area contributed by atoms with Crippen LogP contribution in [0.15, 0.2) is 65.7 Å². The molecule has 2 aromatic heterocycles. The minimum absolute atomic E-state index is 0.407. The van der Waals surface area contributed by atoms with Crippen molar-refractivity contribution in [1.29, 1.82) is 0 Å². The van der Waals surface area contributed by atoms with Gasteiger partial charge in [0, 0.05) is 0 Å². The number of aromatic nitrogens is 3. The topological polar surface area (TPSA) is 53.9 Å². The van der Waals surface area contributed by atoms with Gasteiger partial charge in [-0.1, -0.05) is 64.1 Å². The average molecular weight is 397 g/mol. The van der Waals surface area contributed by atoms with Crippen LogP contribution in [0.2, 0.25) is 0 Å². The average Bonchev–Trinajstić information content (AvgIpc) is 3.18. The zero-order valence-corrected chi connectivity index (χ0v) is 18.3. The van der Waals surface area contributed by atoms with E-state index in [0.717, 1.165) is 39.6 Å². The molecule has 2 aromatic carbocycles. The first-order chi connectivity index (χ1) is 14.4. The van der Waals surface area contributed by atoms with Crippen LogP contribution in [0.3, 0.4) is 0 Å². The number of imidazole rings is 1. The van der Waals surface area contributed by atoms with Crippen LogP contribution in [0, 0.1) is 0 Å². The molecule has 2 heterocycles. The summed E-state index contributed by atoms with van der Waals surface area (Å²) < 4.78 is 0. The number of pyridine rings is 1. The van der Waals surface area contributed by atoms with E-state index in [1.165, 1.54) is 11.1 Å². The fraction of sp³-hybridized carbons (Fsp3) is 0.269. The Morgan fingerprint density at radius 1 is 0.800 bits per heavy atom. The summed E-state index contributed by atoms with van der Waals surface area (Å²) in [5.74, 6) is 1.59. The summed E-state index contributed by atoms with van der Waals surface area (Å²) >= 11 is 0. The first kappa shape index (κ1) is 20.0. The predicted octanol–water partition coefficient (Wildman–Crippen LogP) is 7.01. The molecule has 4 rings (SSSR count). The fourth-order valence-corrected chi connectivity index (χ4v) is 3.71. The van der Waals surface area contributed by atoms with Gasteiger partial charge in [-0.3, -0.25) is 4.99 Å². The Balaban J connectivity index is 1.77. The summed E-state index contributed by atoms with van der Waals surface area (Å²) in [6.45, 7) is 10.9. The molecule has 0 spiro atoms. The van der Waals surface area contributed by atoms with Crippen molar-refractivity contribution in [2.75, 3.05) is 0 Å². The molecule has 0 aliphatic rings. The third kappa shape index (κ3) is 3.90. The molecule has 0 fully saturated rings. The van der Waals surface area contributed by atoms with E-state index in [2.05, 4.69) is 55.9 Å². The lowest BCUT2D eigenvalue weighted by atomic mass is 9.93. The number of para-hydroxylation sites is 3. The van der Waals surface area contributed by atoms with E-state index in [9.17, 15) is 0 Å². The van der Waals surface area contributed by atoms with E-state index >= 15 is 0 Å². The van der Waals surface area contributed by atoms with Crippen LogP contribution in [-0.4, -0.2) is 20.7 Å². The molecule has 0 aliphatic heterocycles. The van der Waals surface area contributed by atoms with Crippen molar-refractivity contribution in [1.82, 2.24) is 15.0 Å². The summed E-state index contributed by atoms with van der Waals surface area (Å²) in [6, 6.07) is 20.5. The van der Waals surface area contributed by atoms with E-state index in [1.807, 2.05) is 49.4 Å². The van der Waals surface area contributed by atoms with Crippen LogP contribution in [-0.2, 0) is 0 Å². The number of nitrogens with one attached hydrogen (secondary N) is 1. The number of fused-ring (bicyclic) bond motifs is 1. The second-order valence-electron chi connectivity index (χ2n) is 8.30. The van der Waals surface area contributed by atoms with Crippen molar-refractivity contribution in [3.63, 3.8) is 0 Å². The van der Waals surface area contributed by atoms with Crippen molar-refractivity contribution in [2.45, 2.75) is 46.5 Å². The molecule has 30 heavy (non-hydrogen) atoms. The van der Waals surface area contributed by atoms with Crippen molar-refractivity contribution in [3.05, 3.63) is 77.5 Å². The van der Waals surface area contributed by atoms with E-state index in [0.29, 0.717) is 11.8 Å². The van der Waals surface area contributed by atoms with Crippen LogP contribution < -0.4 is 0 Å². The summed E-state index contributed by atoms with van der Waals surface area (Å²) in [7, 11) is 0. The Morgan fingerprint density at radius 2 is 1.47 bits per heavy atom. The number of aliphatic imine (C=N–C) groups is 1. The Morgan fingerprint density at radius 3 is 2.13 bits per heavy atom. The minimum atomic E-state index is 0.407. The number of H-pyrrole nitrogens is 1. The predicted molar refractivity (Wildman–Crippen MR) is 126 cm³/mol. The Bertz CT molecular complexity index is 1160. The van der Waals surface area contributed by atoms with Gasteiger partial charge in [-0.2, -0.15) is 0 Å². The summed E-state index contributed by atoms with van der Waals surface area (Å²) in [4.78, 5) is 18.0. The highest BCUT2D eigenvalue weighted by Crippen LogP contribution is 2.35. The molecule has 152 valence electrons. The Kier molecular flexibility index (Phi) is 5.49. The molecule has 0 atom stereocenters. The molecular formula is C26H28N4. The first-order valence-electron chi connectivity index (χ1n) is 10.5. The number of aromatic amines is 1. The van der Waals surface area contributed by atoms with Crippen molar-refractivity contribution < 1.29 is 0 Å². The molecule has 4 aromatic rings. The molecule has 4 heteroatoms. The molecular weight excluding hydrogens is 368 g/mol. The van der Waals surface area contributed by atoms with Crippen molar-refractivity contribution in [3.8, 4) is 11.5 Å². The molecule has 0 bridgehead atoms. The molecule has 0 amide bonds. The van der Waals surface area contributed by atoms with Crippen molar-refractivity contribution in [2.24, 2.45) is 4.99 Å². The van der Waals surface area contributed by atoms with Gasteiger partial charge in [0.15, 0.2) is 5.82 Å². The second kappa shape index (κ2) is 8.23. The standard InChI is InChI=1S/C26H28N4/c1-16(2)19-10-8-11-20(17(3)4)25(19)27-18(5)21-14-9-15-24(28-21)26-29-22-12-6-7-13-23(22)30-26/h6-17H,1-5H3,(H,29,30). The molecule has 0 aliphatic carbocycles. The van der Waals surface area contributed by atoms with Crippen molar-refractivity contribution >= 4 is 22.4 Å². The van der Waals surface area contributed by atoms with E-state index in [1.54, 1.807) is 0 Å². The number of hydrogen-bond acceptors (Lipinski definition) is 3.